The molecule has 0 heterocycles. The van der Waals surface area contributed by atoms with E-state index in [1.165, 1.54) is 18.2 Å². The van der Waals surface area contributed by atoms with Crippen LogP contribution in [0.15, 0.2) is 36.4 Å². The monoisotopic (exact) mass is 318 g/mol. The fourth-order valence-electron chi connectivity index (χ4n) is 1.79. The average Bonchev–Trinajstić information content (AvgIpc) is 2.36. The first-order chi connectivity index (χ1) is 8.97. The van der Waals surface area contributed by atoms with E-state index < -0.39 is 11.9 Å². The Hall–Kier alpha value is -0.800. The molecule has 2 aromatic rings. The second kappa shape index (κ2) is 6.10. The normalized spacial score (nSPS) is 12.5. The van der Waals surface area contributed by atoms with E-state index in [-0.39, 0.29) is 6.42 Å². The molecule has 0 spiro atoms. The zero-order valence-corrected chi connectivity index (χ0v) is 12.0. The lowest BCUT2D eigenvalue weighted by molar-refractivity contribution is 0.177. The molecule has 2 rings (SSSR count). The molecule has 0 saturated heterocycles. The maximum atomic E-state index is 13.6. The summed E-state index contributed by atoms with van der Waals surface area (Å²) in [5.41, 5.74) is 0.796. The highest BCUT2D eigenvalue weighted by Gasteiger charge is 2.15. The summed E-state index contributed by atoms with van der Waals surface area (Å²) in [4.78, 5) is 0. The van der Waals surface area contributed by atoms with Crippen molar-refractivity contribution in [1.29, 1.82) is 0 Å². The number of hydrogen-bond donors (Lipinski definition) is 1. The first kappa shape index (κ1) is 14.6. The van der Waals surface area contributed by atoms with Gasteiger partial charge in [0.15, 0.2) is 0 Å². The standard InChI is InChI=1S/C14H10Cl3FO/c15-9-2-4-13(18)8(5-9)6-14(19)11-7-10(16)1-3-12(11)17/h1-5,7,14,19H,6H2. The molecule has 0 bridgehead atoms. The van der Waals surface area contributed by atoms with Gasteiger partial charge in [-0.15, -0.1) is 0 Å². The Labute approximate surface area is 125 Å². The van der Waals surface area contributed by atoms with Crippen molar-refractivity contribution in [3.05, 3.63) is 68.4 Å². The lowest BCUT2D eigenvalue weighted by Gasteiger charge is -2.14. The first-order valence-corrected chi connectivity index (χ1v) is 6.67. The summed E-state index contributed by atoms with van der Waals surface area (Å²) in [6, 6.07) is 9.00. The fraction of sp³-hybridized carbons (Fsp3) is 0.143. The number of hydrogen-bond acceptors (Lipinski definition) is 1. The van der Waals surface area contributed by atoms with Crippen molar-refractivity contribution in [3.8, 4) is 0 Å². The molecule has 0 radical (unpaired) electrons. The number of halogens is 4. The second-order valence-electron chi connectivity index (χ2n) is 4.12. The van der Waals surface area contributed by atoms with Crippen LogP contribution in [0.2, 0.25) is 15.1 Å². The molecule has 1 atom stereocenters. The van der Waals surface area contributed by atoms with E-state index in [2.05, 4.69) is 0 Å². The summed E-state index contributed by atoms with van der Waals surface area (Å²) < 4.78 is 13.6. The van der Waals surface area contributed by atoms with Crippen LogP contribution in [0.1, 0.15) is 17.2 Å². The van der Waals surface area contributed by atoms with Crippen LogP contribution in [0.5, 0.6) is 0 Å². The Kier molecular flexibility index (Phi) is 4.69. The van der Waals surface area contributed by atoms with E-state index in [1.807, 2.05) is 0 Å². The minimum Gasteiger partial charge on any atom is -0.388 e. The number of benzene rings is 2. The lowest BCUT2D eigenvalue weighted by Crippen LogP contribution is -2.04. The molecule has 0 aromatic heterocycles. The molecule has 1 nitrogen and oxygen atoms in total. The maximum absolute atomic E-state index is 13.6. The van der Waals surface area contributed by atoms with Gasteiger partial charge in [0.2, 0.25) is 0 Å². The Morgan fingerprint density at radius 2 is 1.63 bits per heavy atom. The summed E-state index contributed by atoms with van der Waals surface area (Å²) in [6.07, 6.45) is -0.869. The zero-order valence-electron chi connectivity index (χ0n) is 9.71. The molecule has 0 fully saturated rings. The fourth-order valence-corrected chi connectivity index (χ4v) is 2.41. The van der Waals surface area contributed by atoms with Crippen LogP contribution in [0, 0.1) is 5.82 Å². The molecule has 1 N–H and O–H groups in total. The van der Waals surface area contributed by atoms with Crippen molar-refractivity contribution < 1.29 is 9.50 Å². The van der Waals surface area contributed by atoms with Gasteiger partial charge >= 0.3 is 0 Å². The van der Waals surface area contributed by atoms with Gasteiger partial charge in [-0.2, -0.15) is 0 Å². The first-order valence-electron chi connectivity index (χ1n) is 5.54. The van der Waals surface area contributed by atoms with Crippen LogP contribution in [0.25, 0.3) is 0 Å². The van der Waals surface area contributed by atoms with Crippen molar-refractivity contribution in [2.45, 2.75) is 12.5 Å². The molecule has 0 saturated carbocycles. The van der Waals surface area contributed by atoms with Crippen molar-refractivity contribution in [2.24, 2.45) is 0 Å². The summed E-state index contributed by atoms with van der Waals surface area (Å²) in [7, 11) is 0. The van der Waals surface area contributed by atoms with Crippen molar-refractivity contribution >= 4 is 34.8 Å². The Morgan fingerprint density at radius 3 is 2.37 bits per heavy atom. The van der Waals surface area contributed by atoms with Crippen LogP contribution in [0.4, 0.5) is 4.39 Å². The van der Waals surface area contributed by atoms with Crippen LogP contribution >= 0.6 is 34.8 Å². The van der Waals surface area contributed by atoms with Gasteiger partial charge < -0.3 is 5.11 Å². The molecule has 19 heavy (non-hydrogen) atoms. The highest BCUT2D eigenvalue weighted by Crippen LogP contribution is 2.29. The van der Waals surface area contributed by atoms with Crippen molar-refractivity contribution in [3.63, 3.8) is 0 Å². The van der Waals surface area contributed by atoms with Gasteiger partial charge in [0.25, 0.3) is 0 Å². The van der Waals surface area contributed by atoms with Crippen LogP contribution in [0.3, 0.4) is 0 Å². The van der Waals surface area contributed by atoms with Crippen LogP contribution < -0.4 is 0 Å². The Morgan fingerprint density at radius 1 is 1.00 bits per heavy atom. The molecular formula is C14H10Cl3FO. The minimum atomic E-state index is -0.945. The maximum Gasteiger partial charge on any atom is 0.126 e. The summed E-state index contributed by atoms with van der Waals surface area (Å²) in [6.45, 7) is 0. The third-order valence-corrected chi connectivity index (χ3v) is 3.55. The van der Waals surface area contributed by atoms with Crippen LogP contribution in [-0.2, 0) is 6.42 Å². The highest BCUT2D eigenvalue weighted by molar-refractivity contribution is 6.33. The van der Waals surface area contributed by atoms with E-state index >= 15 is 0 Å². The zero-order chi connectivity index (χ0) is 14.0. The molecule has 0 aliphatic carbocycles. The molecule has 2 aromatic carbocycles. The third-order valence-electron chi connectivity index (χ3n) is 2.74. The number of aliphatic hydroxyl groups excluding tert-OH is 1. The van der Waals surface area contributed by atoms with Gasteiger partial charge in [0.1, 0.15) is 5.82 Å². The van der Waals surface area contributed by atoms with Gasteiger partial charge in [0.05, 0.1) is 6.10 Å². The second-order valence-corrected chi connectivity index (χ2v) is 5.40. The summed E-state index contributed by atoms with van der Waals surface area (Å²) in [5, 5.41) is 11.4. The predicted molar refractivity (Wildman–Crippen MR) is 76.5 cm³/mol. The lowest BCUT2D eigenvalue weighted by atomic mass is 10.0. The predicted octanol–water partition coefficient (Wildman–Crippen LogP) is 5.06. The van der Waals surface area contributed by atoms with Crippen molar-refractivity contribution in [2.75, 3.05) is 0 Å². The average molecular weight is 320 g/mol. The van der Waals surface area contributed by atoms with Gasteiger partial charge in [-0.25, -0.2) is 4.39 Å². The van der Waals surface area contributed by atoms with Gasteiger partial charge in [-0.3, -0.25) is 0 Å². The van der Waals surface area contributed by atoms with Gasteiger partial charge in [-0.1, -0.05) is 34.8 Å². The molecular weight excluding hydrogens is 310 g/mol. The van der Waals surface area contributed by atoms with E-state index in [9.17, 15) is 9.50 Å². The molecule has 0 amide bonds. The quantitative estimate of drug-likeness (QED) is 0.838. The summed E-state index contributed by atoms with van der Waals surface area (Å²) >= 11 is 17.7. The van der Waals surface area contributed by atoms with Crippen LogP contribution in [-0.4, -0.2) is 5.11 Å². The molecule has 1 unspecified atom stereocenters. The summed E-state index contributed by atoms with van der Waals surface area (Å²) in [5.74, 6) is -0.415. The third kappa shape index (κ3) is 3.61. The highest BCUT2D eigenvalue weighted by atomic mass is 35.5. The Balaban J connectivity index is 2.27. The molecule has 5 heteroatoms. The largest absolute Gasteiger partial charge is 0.388 e. The number of rotatable bonds is 3. The molecule has 100 valence electrons. The van der Waals surface area contributed by atoms with Crippen molar-refractivity contribution in [1.82, 2.24) is 0 Å². The van der Waals surface area contributed by atoms with E-state index in [0.29, 0.717) is 26.2 Å². The number of aliphatic hydroxyl groups is 1. The van der Waals surface area contributed by atoms with E-state index in [4.69, 9.17) is 34.8 Å². The SMILES string of the molecule is OC(Cc1cc(Cl)ccc1F)c1cc(Cl)ccc1Cl. The van der Waals surface area contributed by atoms with Gasteiger partial charge in [-0.05, 0) is 42.0 Å². The van der Waals surface area contributed by atoms with E-state index in [1.54, 1.807) is 18.2 Å². The van der Waals surface area contributed by atoms with Gasteiger partial charge in [0, 0.05) is 27.1 Å². The minimum absolute atomic E-state index is 0.0758. The Bertz CT molecular complexity index is 601. The topological polar surface area (TPSA) is 20.2 Å². The molecule has 0 aliphatic rings. The smallest absolute Gasteiger partial charge is 0.126 e. The van der Waals surface area contributed by atoms with E-state index in [0.717, 1.165) is 0 Å². The molecule has 0 aliphatic heterocycles.